The van der Waals surface area contributed by atoms with E-state index < -0.39 is 11.5 Å². The summed E-state index contributed by atoms with van der Waals surface area (Å²) in [5.41, 5.74) is -0.490. The Balaban J connectivity index is 1.90. The van der Waals surface area contributed by atoms with Crippen molar-refractivity contribution in [2.45, 2.75) is 62.9 Å². The minimum atomic E-state index is -0.835. The molecule has 0 aliphatic heterocycles. The maximum absolute atomic E-state index is 12.1. The standard InChI is InChI=1S/C13H22N2O3/c1-15(10-5-2-3-6-10)12(18)14-13(7-4-8-13)9-11(16)17/h10H,2-9H2,1H3,(H,14,18)(H,16,17). The van der Waals surface area contributed by atoms with Crippen LogP contribution in [0.25, 0.3) is 0 Å². The first-order valence-corrected chi connectivity index (χ1v) is 6.79. The lowest BCUT2D eigenvalue weighted by Crippen LogP contribution is -2.58. The average Bonchev–Trinajstić information content (AvgIpc) is 2.77. The van der Waals surface area contributed by atoms with E-state index in [0.29, 0.717) is 6.04 Å². The molecule has 0 aromatic carbocycles. The first kappa shape index (κ1) is 13.2. The molecule has 0 saturated heterocycles. The third-order valence-corrected chi connectivity index (χ3v) is 4.37. The number of carbonyl (C=O) groups is 2. The topological polar surface area (TPSA) is 69.6 Å². The lowest BCUT2D eigenvalue weighted by molar-refractivity contribution is -0.139. The lowest BCUT2D eigenvalue weighted by atomic mass is 9.74. The fourth-order valence-corrected chi connectivity index (χ4v) is 3.01. The highest BCUT2D eigenvalue weighted by Gasteiger charge is 2.41. The number of carboxylic acid groups (broad SMARTS) is 1. The SMILES string of the molecule is CN(C(=O)NC1(CC(=O)O)CCC1)C1CCCC1. The fourth-order valence-electron chi connectivity index (χ4n) is 3.01. The summed E-state index contributed by atoms with van der Waals surface area (Å²) in [6, 6.07) is 0.217. The van der Waals surface area contributed by atoms with Crippen LogP contribution in [0.1, 0.15) is 51.4 Å². The Labute approximate surface area is 108 Å². The summed E-state index contributed by atoms with van der Waals surface area (Å²) in [6.07, 6.45) is 7.10. The average molecular weight is 254 g/mol. The van der Waals surface area contributed by atoms with Crippen molar-refractivity contribution >= 4 is 12.0 Å². The third-order valence-electron chi connectivity index (χ3n) is 4.37. The van der Waals surface area contributed by atoms with E-state index in [1.54, 1.807) is 4.90 Å². The maximum atomic E-state index is 12.1. The van der Waals surface area contributed by atoms with Crippen molar-refractivity contribution in [1.29, 1.82) is 0 Å². The van der Waals surface area contributed by atoms with Gasteiger partial charge in [-0.3, -0.25) is 4.79 Å². The van der Waals surface area contributed by atoms with Gasteiger partial charge in [0.05, 0.1) is 12.0 Å². The molecule has 2 saturated carbocycles. The van der Waals surface area contributed by atoms with E-state index >= 15 is 0 Å². The Morgan fingerprint density at radius 3 is 2.33 bits per heavy atom. The Hall–Kier alpha value is -1.26. The molecule has 2 aliphatic rings. The van der Waals surface area contributed by atoms with Crippen molar-refractivity contribution in [3.63, 3.8) is 0 Å². The summed E-state index contributed by atoms with van der Waals surface area (Å²) < 4.78 is 0. The zero-order valence-electron chi connectivity index (χ0n) is 10.9. The van der Waals surface area contributed by atoms with Gasteiger partial charge >= 0.3 is 12.0 Å². The van der Waals surface area contributed by atoms with Crippen LogP contribution < -0.4 is 5.32 Å². The van der Waals surface area contributed by atoms with E-state index in [4.69, 9.17) is 5.11 Å². The number of carboxylic acids is 1. The van der Waals surface area contributed by atoms with Crippen LogP contribution in [-0.2, 0) is 4.79 Å². The predicted octanol–water partition coefficient (Wildman–Crippen LogP) is 1.97. The summed E-state index contributed by atoms with van der Waals surface area (Å²) in [5.74, 6) is -0.835. The number of urea groups is 1. The number of carbonyl (C=O) groups excluding carboxylic acids is 1. The molecule has 5 heteroatoms. The van der Waals surface area contributed by atoms with Crippen LogP contribution in [0.3, 0.4) is 0 Å². The summed E-state index contributed by atoms with van der Waals surface area (Å²) in [4.78, 5) is 24.8. The van der Waals surface area contributed by atoms with E-state index in [9.17, 15) is 9.59 Å². The molecule has 0 heterocycles. The van der Waals surface area contributed by atoms with Gasteiger partial charge in [-0.2, -0.15) is 0 Å². The van der Waals surface area contributed by atoms with Gasteiger partial charge < -0.3 is 15.3 Å². The van der Waals surface area contributed by atoms with Gasteiger partial charge in [0, 0.05) is 13.1 Å². The third kappa shape index (κ3) is 2.76. The van der Waals surface area contributed by atoms with Crippen LogP contribution >= 0.6 is 0 Å². The largest absolute Gasteiger partial charge is 0.481 e. The molecule has 0 spiro atoms. The van der Waals surface area contributed by atoms with Crippen LogP contribution in [0, 0.1) is 0 Å². The predicted molar refractivity (Wildman–Crippen MR) is 67.4 cm³/mol. The van der Waals surface area contributed by atoms with E-state index in [0.717, 1.165) is 32.1 Å². The van der Waals surface area contributed by atoms with Gasteiger partial charge in [0.1, 0.15) is 0 Å². The molecule has 2 N–H and O–H groups in total. The molecule has 0 unspecified atom stereocenters. The lowest BCUT2D eigenvalue weighted by Gasteiger charge is -2.42. The van der Waals surface area contributed by atoms with Gasteiger partial charge in [-0.25, -0.2) is 4.79 Å². The summed E-state index contributed by atoms with van der Waals surface area (Å²) in [7, 11) is 1.82. The Bertz CT molecular complexity index is 333. The van der Waals surface area contributed by atoms with Crippen LogP contribution in [0.5, 0.6) is 0 Å². The van der Waals surface area contributed by atoms with E-state index in [-0.39, 0.29) is 12.5 Å². The molecule has 2 fully saturated rings. The smallest absolute Gasteiger partial charge is 0.317 e. The molecule has 0 atom stereocenters. The van der Waals surface area contributed by atoms with Crippen molar-refractivity contribution in [3.8, 4) is 0 Å². The first-order valence-electron chi connectivity index (χ1n) is 6.79. The number of hydrogen-bond acceptors (Lipinski definition) is 2. The Morgan fingerprint density at radius 1 is 1.28 bits per heavy atom. The van der Waals surface area contributed by atoms with E-state index in [1.165, 1.54) is 12.8 Å². The molecular formula is C13H22N2O3. The van der Waals surface area contributed by atoms with Crippen molar-refractivity contribution in [2.24, 2.45) is 0 Å². The minimum absolute atomic E-state index is 0.0389. The number of aliphatic carboxylic acids is 1. The minimum Gasteiger partial charge on any atom is -0.481 e. The number of nitrogens with one attached hydrogen (secondary N) is 1. The summed E-state index contributed by atoms with van der Waals surface area (Å²) in [5, 5.41) is 11.9. The van der Waals surface area contributed by atoms with Gasteiger partial charge in [0.25, 0.3) is 0 Å². The molecule has 18 heavy (non-hydrogen) atoms. The molecule has 0 bridgehead atoms. The molecule has 5 nitrogen and oxygen atoms in total. The van der Waals surface area contributed by atoms with Gasteiger partial charge in [0.15, 0.2) is 0 Å². The van der Waals surface area contributed by atoms with Gasteiger partial charge in [-0.15, -0.1) is 0 Å². The highest BCUT2D eigenvalue weighted by molar-refractivity contribution is 5.77. The van der Waals surface area contributed by atoms with Crippen molar-refractivity contribution < 1.29 is 14.7 Å². The van der Waals surface area contributed by atoms with E-state index in [1.807, 2.05) is 7.05 Å². The Kier molecular flexibility index (Phi) is 3.78. The van der Waals surface area contributed by atoms with Crippen molar-refractivity contribution in [3.05, 3.63) is 0 Å². The Morgan fingerprint density at radius 2 is 1.89 bits per heavy atom. The monoisotopic (exact) mass is 254 g/mol. The van der Waals surface area contributed by atoms with Crippen molar-refractivity contribution in [1.82, 2.24) is 10.2 Å². The molecule has 0 aromatic rings. The van der Waals surface area contributed by atoms with E-state index in [2.05, 4.69) is 5.32 Å². The molecule has 102 valence electrons. The number of hydrogen-bond donors (Lipinski definition) is 2. The second-order valence-corrected chi connectivity index (χ2v) is 5.68. The molecular weight excluding hydrogens is 232 g/mol. The van der Waals surface area contributed by atoms with Crippen LogP contribution in [0.15, 0.2) is 0 Å². The van der Waals surface area contributed by atoms with Crippen molar-refractivity contribution in [2.75, 3.05) is 7.05 Å². The van der Waals surface area contributed by atoms with Crippen LogP contribution in [0.2, 0.25) is 0 Å². The van der Waals surface area contributed by atoms with Crippen LogP contribution in [-0.4, -0.2) is 40.6 Å². The second kappa shape index (κ2) is 5.16. The summed E-state index contributed by atoms with van der Waals surface area (Å²) >= 11 is 0. The fraction of sp³-hybridized carbons (Fsp3) is 0.846. The normalized spacial score (nSPS) is 22.3. The van der Waals surface area contributed by atoms with Gasteiger partial charge in [-0.1, -0.05) is 12.8 Å². The number of rotatable bonds is 4. The van der Waals surface area contributed by atoms with Crippen LogP contribution in [0.4, 0.5) is 4.79 Å². The second-order valence-electron chi connectivity index (χ2n) is 5.68. The van der Waals surface area contributed by atoms with Gasteiger partial charge in [-0.05, 0) is 32.1 Å². The maximum Gasteiger partial charge on any atom is 0.317 e. The first-order chi connectivity index (χ1) is 8.52. The molecule has 2 rings (SSSR count). The molecule has 2 aliphatic carbocycles. The summed E-state index contributed by atoms with van der Waals surface area (Å²) in [6.45, 7) is 0. The number of amides is 2. The number of nitrogens with zero attached hydrogens (tertiary/aromatic N) is 1. The zero-order valence-corrected chi connectivity index (χ0v) is 10.9. The zero-order chi connectivity index (χ0) is 13.2. The highest BCUT2D eigenvalue weighted by atomic mass is 16.4. The molecule has 2 amide bonds. The quantitative estimate of drug-likeness (QED) is 0.805. The van der Waals surface area contributed by atoms with Gasteiger partial charge in [0.2, 0.25) is 0 Å². The highest BCUT2D eigenvalue weighted by Crippen LogP contribution is 2.35. The molecule has 0 radical (unpaired) electrons. The molecule has 0 aromatic heterocycles.